The van der Waals surface area contributed by atoms with E-state index in [0.717, 1.165) is 0 Å². The van der Waals surface area contributed by atoms with Crippen molar-refractivity contribution in [3.8, 4) is 11.1 Å². The number of fused-ring (bicyclic) bond motifs is 2. The summed E-state index contributed by atoms with van der Waals surface area (Å²) in [5.41, 5.74) is -0.491. The van der Waals surface area contributed by atoms with E-state index in [0.29, 0.717) is 21.5 Å². The average Bonchev–Trinajstić information content (AvgIpc) is 2.78. The maximum Gasteiger partial charge on any atom is 0.471 e. The van der Waals surface area contributed by atoms with E-state index in [1.165, 1.54) is 24.3 Å². The van der Waals surface area contributed by atoms with E-state index in [4.69, 9.17) is 0 Å². The van der Waals surface area contributed by atoms with Crippen LogP contribution in [0.15, 0.2) is 72.8 Å². The molecule has 0 unspecified atom stereocenters. The van der Waals surface area contributed by atoms with E-state index in [1.807, 2.05) is 10.6 Å². The number of benzene rings is 4. The molecule has 34 heavy (non-hydrogen) atoms. The maximum atomic E-state index is 13.0. The van der Waals surface area contributed by atoms with E-state index in [-0.39, 0.29) is 22.5 Å². The number of amides is 2. The summed E-state index contributed by atoms with van der Waals surface area (Å²) < 4.78 is 78.1. The quantitative estimate of drug-likeness (QED) is 0.325. The Labute approximate surface area is 188 Å². The second-order valence-corrected chi connectivity index (χ2v) is 7.32. The second-order valence-electron chi connectivity index (χ2n) is 7.32. The van der Waals surface area contributed by atoms with Crippen molar-refractivity contribution in [2.75, 3.05) is 10.6 Å². The van der Waals surface area contributed by atoms with Crippen LogP contribution in [0.25, 0.3) is 32.7 Å². The van der Waals surface area contributed by atoms with Crippen LogP contribution in [0.4, 0.5) is 37.7 Å². The normalized spacial score (nSPS) is 12.1. The van der Waals surface area contributed by atoms with Crippen molar-refractivity contribution in [3.63, 3.8) is 0 Å². The molecule has 0 aliphatic heterocycles. The molecule has 4 aromatic rings. The van der Waals surface area contributed by atoms with Crippen LogP contribution in [0.2, 0.25) is 0 Å². The first-order valence-electron chi connectivity index (χ1n) is 9.77. The third kappa shape index (κ3) is 4.39. The van der Waals surface area contributed by atoms with Crippen LogP contribution in [-0.4, -0.2) is 24.2 Å². The van der Waals surface area contributed by atoms with E-state index in [9.17, 15) is 35.9 Å². The minimum Gasteiger partial charge on any atom is -0.318 e. The average molecular weight is 476 g/mol. The standard InChI is InChI=1S/C24H14F6N2O2/c25-23(26,27)21(33)31-17-11-9-13-5-1-3-7-15(13)19(17)20-16-8-4-2-6-14(16)10-12-18(20)32-22(34)24(28,29)30/h1-12H,(H,31,33)(H,32,34). The van der Waals surface area contributed by atoms with E-state index < -0.39 is 24.2 Å². The molecule has 0 bridgehead atoms. The van der Waals surface area contributed by atoms with Crippen LogP contribution in [-0.2, 0) is 9.59 Å². The van der Waals surface area contributed by atoms with Crippen LogP contribution in [0.5, 0.6) is 0 Å². The van der Waals surface area contributed by atoms with Gasteiger partial charge in [-0.1, -0.05) is 60.7 Å². The molecule has 0 spiro atoms. The van der Waals surface area contributed by atoms with Gasteiger partial charge >= 0.3 is 24.2 Å². The number of nitrogens with one attached hydrogen (secondary N) is 2. The van der Waals surface area contributed by atoms with Gasteiger partial charge < -0.3 is 10.6 Å². The van der Waals surface area contributed by atoms with Gasteiger partial charge in [0.2, 0.25) is 0 Å². The van der Waals surface area contributed by atoms with E-state index in [2.05, 4.69) is 0 Å². The van der Waals surface area contributed by atoms with Gasteiger partial charge in [-0.25, -0.2) is 0 Å². The molecule has 0 aliphatic carbocycles. The number of carbonyl (C=O) groups is 2. The van der Waals surface area contributed by atoms with Crippen LogP contribution in [0.3, 0.4) is 0 Å². The number of rotatable bonds is 3. The molecular formula is C24H14F6N2O2. The van der Waals surface area contributed by atoms with Crippen LogP contribution < -0.4 is 10.6 Å². The molecule has 0 radical (unpaired) electrons. The zero-order valence-corrected chi connectivity index (χ0v) is 17.0. The Balaban J connectivity index is 2.06. The van der Waals surface area contributed by atoms with Gasteiger partial charge in [0.05, 0.1) is 0 Å². The van der Waals surface area contributed by atoms with Gasteiger partial charge in [-0.05, 0) is 33.7 Å². The monoisotopic (exact) mass is 476 g/mol. The number of alkyl halides is 6. The molecule has 0 aliphatic rings. The summed E-state index contributed by atoms with van der Waals surface area (Å²) in [6.07, 6.45) is -10.4. The molecule has 0 heterocycles. The lowest BCUT2D eigenvalue weighted by Gasteiger charge is -2.20. The Hall–Kier alpha value is -4.08. The van der Waals surface area contributed by atoms with Crippen molar-refractivity contribution in [2.45, 2.75) is 12.4 Å². The zero-order valence-electron chi connectivity index (χ0n) is 17.0. The lowest BCUT2D eigenvalue weighted by molar-refractivity contribution is -0.167. The van der Waals surface area contributed by atoms with E-state index >= 15 is 0 Å². The fraction of sp³-hybridized carbons (Fsp3) is 0.0833. The smallest absolute Gasteiger partial charge is 0.318 e. The van der Waals surface area contributed by atoms with Crippen molar-refractivity contribution < 1.29 is 35.9 Å². The molecule has 0 saturated heterocycles. The minimum atomic E-state index is -5.20. The highest BCUT2D eigenvalue weighted by atomic mass is 19.4. The van der Waals surface area contributed by atoms with Crippen molar-refractivity contribution in [3.05, 3.63) is 72.8 Å². The summed E-state index contributed by atoms with van der Waals surface area (Å²) in [5, 5.41) is 5.48. The molecule has 4 aromatic carbocycles. The number of hydrogen-bond donors (Lipinski definition) is 2. The van der Waals surface area contributed by atoms with Crippen molar-refractivity contribution in [1.82, 2.24) is 0 Å². The molecule has 10 heteroatoms. The Kier molecular flexibility index (Phi) is 5.68. The highest BCUT2D eigenvalue weighted by molar-refractivity contribution is 6.17. The molecule has 174 valence electrons. The molecule has 4 nitrogen and oxygen atoms in total. The fourth-order valence-electron chi connectivity index (χ4n) is 3.68. The summed E-state index contributed by atoms with van der Waals surface area (Å²) >= 11 is 0. The molecular weight excluding hydrogens is 462 g/mol. The molecule has 2 amide bonds. The largest absolute Gasteiger partial charge is 0.471 e. The van der Waals surface area contributed by atoms with Gasteiger partial charge in [0.15, 0.2) is 0 Å². The molecule has 2 N–H and O–H groups in total. The molecule has 0 saturated carbocycles. The first kappa shape index (κ1) is 23.1. The van der Waals surface area contributed by atoms with Crippen LogP contribution >= 0.6 is 0 Å². The van der Waals surface area contributed by atoms with Crippen LogP contribution in [0.1, 0.15) is 0 Å². The Morgan fingerprint density at radius 1 is 0.529 bits per heavy atom. The summed E-state index contributed by atoms with van der Waals surface area (Å²) in [7, 11) is 0. The minimum absolute atomic E-state index is 0.0324. The van der Waals surface area contributed by atoms with Gasteiger partial charge in [-0.3, -0.25) is 9.59 Å². The number of anilines is 2. The van der Waals surface area contributed by atoms with Crippen molar-refractivity contribution >= 4 is 44.7 Å². The highest BCUT2D eigenvalue weighted by Crippen LogP contribution is 2.44. The molecule has 0 atom stereocenters. The second kappa shape index (κ2) is 8.36. The molecule has 0 aromatic heterocycles. The van der Waals surface area contributed by atoms with Gasteiger partial charge in [0.1, 0.15) is 0 Å². The van der Waals surface area contributed by atoms with E-state index in [1.54, 1.807) is 48.5 Å². The third-order valence-corrected chi connectivity index (χ3v) is 5.12. The summed E-state index contributed by atoms with van der Waals surface area (Å²) in [4.78, 5) is 23.5. The van der Waals surface area contributed by atoms with Gasteiger partial charge in [0.25, 0.3) is 0 Å². The SMILES string of the molecule is O=C(Nc1ccc2ccccc2c1-c1c(NC(=O)C(F)(F)F)ccc2ccccc12)C(F)(F)F. The summed E-state index contributed by atoms with van der Waals surface area (Å²) in [5.74, 6) is -4.49. The van der Waals surface area contributed by atoms with Crippen molar-refractivity contribution in [2.24, 2.45) is 0 Å². The summed E-state index contributed by atoms with van der Waals surface area (Å²) in [6.45, 7) is 0. The zero-order chi connectivity index (χ0) is 24.7. The lowest BCUT2D eigenvalue weighted by Crippen LogP contribution is -2.30. The first-order valence-corrected chi connectivity index (χ1v) is 9.77. The maximum absolute atomic E-state index is 13.0. The van der Waals surface area contributed by atoms with Gasteiger partial charge in [-0.2, -0.15) is 26.3 Å². The Morgan fingerprint density at radius 3 is 1.24 bits per heavy atom. The predicted octanol–water partition coefficient (Wildman–Crippen LogP) is 6.66. The van der Waals surface area contributed by atoms with Crippen LogP contribution in [0, 0.1) is 0 Å². The Morgan fingerprint density at radius 2 is 0.882 bits per heavy atom. The van der Waals surface area contributed by atoms with Crippen molar-refractivity contribution in [1.29, 1.82) is 0 Å². The van der Waals surface area contributed by atoms with Gasteiger partial charge in [0, 0.05) is 22.5 Å². The molecule has 4 rings (SSSR count). The number of carbonyl (C=O) groups excluding carboxylic acids is 2. The number of hydrogen-bond acceptors (Lipinski definition) is 2. The Bertz CT molecular complexity index is 1320. The predicted molar refractivity (Wildman–Crippen MR) is 116 cm³/mol. The van der Waals surface area contributed by atoms with Gasteiger partial charge in [-0.15, -0.1) is 0 Å². The molecule has 0 fully saturated rings. The third-order valence-electron chi connectivity index (χ3n) is 5.12. The topological polar surface area (TPSA) is 58.2 Å². The lowest BCUT2D eigenvalue weighted by atomic mass is 9.91. The summed E-state index contributed by atoms with van der Waals surface area (Å²) in [6, 6.07) is 18.4. The fourth-order valence-corrected chi connectivity index (χ4v) is 3.68. The first-order chi connectivity index (χ1) is 16.0. The number of halogens is 6. The highest BCUT2D eigenvalue weighted by Gasteiger charge is 2.40.